The number of methoxy groups -OCH3 is 1. The summed E-state index contributed by atoms with van der Waals surface area (Å²) in [5, 5.41) is 4.20. The standard InChI is InChI=1S/C17H16N4OS/c1-10-18-12-8-9-14-15(16(12)21(10)2)20-17(23-14)19-11-6-4-5-7-13(11)22-3/h4-9H,1-3H3,(H,19,20). The largest absolute Gasteiger partial charge is 0.495 e. The fraction of sp³-hybridized carbons (Fsp3) is 0.176. The molecule has 5 nitrogen and oxygen atoms in total. The molecule has 2 aromatic carbocycles. The van der Waals surface area contributed by atoms with E-state index in [1.165, 1.54) is 0 Å². The van der Waals surface area contributed by atoms with Gasteiger partial charge < -0.3 is 14.6 Å². The van der Waals surface area contributed by atoms with E-state index in [4.69, 9.17) is 9.72 Å². The van der Waals surface area contributed by atoms with E-state index in [0.29, 0.717) is 0 Å². The molecule has 4 aromatic rings. The molecule has 116 valence electrons. The van der Waals surface area contributed by atoms with E-state index in [-0.39, 0.29) is 0 Å². The maximum Gasteiger partial charge on any atom is 0.188 e. The first kappa shape index (κ1) is 14.0. The number of aromatic nitrogens is 3. The van der Waals surface area contributed by atoms with Gasteiger partial charge in [0.15, 0.2) is 5.13 Å². The Kier molecular flexibility index (Phi) is 3.20. The molecule has 0 aliphatic rings. The van der Waals surface area contributed by atoms with Crippen LogP contribution in [-0.2, 0) is 7.05 Å². The van der Waals surface area contributed by atoms with E-state index in [1.54, 1.807) is 18.4 Å². The minimum absolute atomic E-state index is 0.799. The molecule has 0 radical (unpaired) electrons. The molecule has 2 aromatic heterocycles. The molecule has 0 saturated carbocycles. The van der Waals surface area contributed by atoms with E-state index < -0.39 is 0 Å². The van der Waals surface area contributed by atoms with Gasteiger partial charge in [-0.2, -0.15) is 0 Å². The Morgan fingerprint density at radius 1 is 1.13 bits per heavy atom. The van der Waals surface area contributed by atoms with E-state index in [9.17, 15) is 0 Å². The van der Waals surface area contributed by atoms with Gasteiger partial charge in [0, 0.05) is 7.05 Å². The fourth-order valence-corrected chi connectivity index (χ4v) is 3.60. The molecular weight excluding hydrogens is 308 g/mol. The number of para-hydroxylation sites is 2. The van der Waals surface area contributed by atoms with Gasteiger partial charge in [-0.05, 0) is 31.2 Å². The summed E-state index contributed by atoms with van der Waals surface area (Å²) in [6.45, 7) is 2.01. The van der Waals surface area contributed by atoms with Gasteiger partial charge >= 0.3 is 0 Å². The van der Waals surface area contributed by atoms with E-state index in [1.807, 2.05) is 38.2 Å². The summed E-state index contributed by atoms with van der Waals surface area (Å²) in [6.07, 6.45) is 0. The van der Waals surface area contributed by atoms with Crippen molar-refractivity contribution in [3.05, 3.63) is 42.2 Å². The van der Waals surface area contributed by atoms with Crippen LogP contribution < -0.4 is 10.1 Å². The number of anilines is 2. The SMILES string of the molecule is COc1ccccc1Nc1nc2c(ccc3nc(C)n(C)c32)s1. The van der Waals surface area contributed by atoms with Crippen LogP contribution in [0.4, 0.5) is 10.8 Å². The molecule has 4 rings (SSSR count). The average molecular weight is 324 g/mol. The minimum atomic E-state index is 0.799. The molecule has 0 fully saturated rings. The number of thiazole rings is 1. The first-order chi connectivity index (χ1) is 11.2. The molecule has 0 amide bonds. The number of aryl methyl sites for hydroxylation is 2. The second kappa shape index (κ2) is 5.24. The second-order valence-corrected chi connectivity index (χ2v) is 6.37. The Balaban J connectivity index is 1.84. The summed E-state index contributed by atoms with van der Waals surface area (Å²) in [6, 6.07) is 12.0. The number of nitrogens with one attached hydrogen (secondary N) is 1. The van der Waals surface area contributed by atoms with Crippen molar-refractivity contribution in [2.45, 2.75) is 6.92 Å². The van der Waals surface area contributed by atoms with Crippen LogP contribution in [0.1, 0.15) is 5.82 Å². The first-order valence-electron chi connectivity index (χ1n) is 7.30. The molecule has 23 heavy (non-hydrogen) atoms. The molecule has 0 spiro atoms. The number of fused-ring (bicyclic) bond motifs is 3. The summed E-state index contributed by atoms with van der Waals surface area (Å²) < 4.78 is 8.61. The lowest BCUT2D eigenvalue weighted by atomic mass is 10.3. The van der Waals surface area contributed by atoms with Crippen LogP contribution in [0.3, 0.4) is 0 Å². The summed E-state index contributed by atoms with van der Waals surface area (Å²) in [4.78, 5) is 9.35. The number of rotatable bonds is 3. The third kappa shape index (κ3) is 2.22. The highest BCUT2D eigenvalue weighted by atomic mass is 32.1. The Labute approximate surface area is 137 Å². The highest BCUT2D eigenvalue weighted by Gasteiger charge is 2.13. The molecule has 0 bridgehead atoms. The van der Waals surface area contributed by atoms with Crippen molar-refractivity contribution in [3.8, 4) is 5.75 Å². The van der Waals surface area contributed by atoms with Crippen LogP contribution in [0.15, 0.2) is 36.4 Å². The maximum absolute atomic E-state index is 5.38. The Bertz CT molecular complexity index is 1020. The van der Waals surface area contributed by atoms with Crippen molar-refractivity contribution >= 4 is 43.4 Å². The third-order valence-electron chi connectivity index (χ3n) is 3.96. The molecule has 0 aliphatic carbocycles. The number of nitrogens with zero attached hydrogens (tertiary/aromatic N) is 3. The predicted octanol–water partition coefficient (Wildman–Crippen LogP) is 4.24. The molecule has 0 atom stereocenters. The van der Waals surface area contributed by atoms with E-state index in [2.05, 4.69) is 27.0 Å². The van der Waals surface area contributed by atoms with E-state index >= 15 is 0 Å². The van der Waals surface area contributed by atoms with Crippen LogP contribution in [0.25, 0.3) is 21.3 Å². The summed E-state index contributed by atoms with van der Waals surface area (Å²) in [5.41, 5.74) is 3.94. The van der Waals surface area contributed by atoms with Gasteiger partial charge in [0.2, 0.25) is 0 Å². The van der Waals surface area contributed by atoms with Crippen LogP contribution in [0, 0.1) is 6.92 Å². The first-order valence-corrected chi connectivity index (χ1v) is 8.11. The Hall–Kier alpha value is -2.60. The topological polar surface area (TPSA) is 52.0 Å². The second-order valence-electron chi connectivity index (χ2n) is 5.34. The van der Waals surface area contributed by atoms with Crippen molar-refractivity contribution in [2.24, 2.45) is 7.05 Å². The smallest absolute Gasteiger partial charge is 0.188 e. The fourth-order valence-electron chi connectivity index (χ4n) is 2.72. The normalized spacial score (nSPS) is 11.3. The minimum Gasteiger partial charge on any atom is -0.495 e. The maximum atomic E-state index is 5.38. The lowest BCUT2D eigenvalue weighted by Crippen LogP contribution is -1.94. The summed E-state index contributed by atoms with van der Waals surface area (Å²) >= 11 is 1.63. The van der Waals surface area contributed by atoms with Gasteiger partial charge in [0.1, 0.15) is 17.1 Å². The molecule has 6 heteroatoms. The van der Waals surface area contributed by atoms with Gasteiger partial charge in [-0.15, -0.1) is 0 Å². The van der Waals surface area contributed by atoms with Crippen molar-refractivity contribution in [1.82, 2.24) is 14.5 Å². The molecule has 0 unspecified atom stereocenters. The zero-order valence-electron chi connectivity index (χ0n) is 13.1. The molecule has 1 N–H and O–H groups in total. The lowest BCUT2D eigenvalue weighted by Gasteiger charge is -2.07. The Morgan fingerprint density at radius 3 is 2.78 bits per heavy atom. The van der Waals surface area contributed by atoms with Crippen molar-refractivity contribution in [2.75, 3.05) is 12.4 Å². The van der Waals surface area contributed by atoms with Crippen LogP contribution in [0.5, 0.6) is 5.75 Å². The number of hydrogen-bond donors (Lipinski definition) is 1. The van der Waals surface area contributed by atoms with Gasteiger partial charge in [-0.3, -0.25) is 0 Å². The van der Waals surface area contributed by atoms with E-state index in [0.717, 1.165) is 43.6 Å². The number of hydrogen-bond acceptors (Lipinski definition) is 5. The van der Waals surface area contributed by atoms with Crippen LogP contribution in [0.2, 0.25) is 0 Å². The van der Waals surface area contributed by atoms with Crippen molar-refractivity contribution in [1.29, 1.82) is 0 Å². The third-order valence-corrected chi connectivity index (χ3v) is 4.90. The van der Waals surface area contributed by atoms with Crippen LogP contribution >= 0.6 is 11.3 Å². The number of ether oxygens (including phenoxy) is 1. The van der Waals surface area contributed by atoms with Crippen molar-refractivity contribution < 1.29 is 4.74 Å². The zero-order valence-corrected chi connectivity index (χ0v) is 13.9. The zero-order chi connectivity index (χ0) is 16.0. The number of imidazole rings is 1. The van der Waals surface area contributed by atoms with Crippen LogP contribution in [-0.4, -0.2) is 21.6 Å². The Morgan fingerprint density at radius 2 is 1.96 bits per heavy atom. The molecule has 0 saturated heterocycles. The van der Waals surface area contributed by atoms with Gasteiger partial charge in [0.05, 0.1) is 28.5 Å². The van der Waals surface area contributed by atoms with Gasteiger partial charge in [0.25, 0.3) is 0 Å². The highest BCUT2D eigenvalue weighted by Crippen LogP contribution is 2.35. The average Bonchev–Trinajstić information content (AvgIpc) is 3.08. The molecule has 0 aliphatic heterocycles. The quantitative estimate of drug-likeness (QED) is 0.612. The highest BCUT2D eigenvalue weighted by molar-refractivity contribution is 7.22. The predicted molar refractivity (Wildman–Crippen MR) is 94.9 cm³/mol. The van der Waals surface area contributed by atoms with Gasteiger partial charge in [-0.25, -0.2) is 9.97 Å². The summed E-state index contributed by atoms with van der Waals surface area (Å²) in [5.74, 6) is 1.79. The molecule has 2 heterocycles. The molecular formula is C17H16N4OS. The summed E-state index contributed by atoms with van der Waals surface area (Å²) in [7, 11) is 3.69. The number of benzene rings is 2. The van der Waals surface area contributed by atoms with Crippen molar-refractivity contribution in [3.63, 3.8) is 0 Å². The van der Waals surface area contributed by atoms with Gasteiger partial charge in [-0.1, -0.05) is 23.5 Å². The monoisotopic (exact) mass is 324 g/mol. The lowest BCUT2D eigenvalue weighted by molar-refractivity contribution is 0.417.